The van der Waals surface area contributed by atoms with Crippen molar-refractivity contribution in [3.05, 3.63) is 64.5 Å². The summed E-state index contributed by atoms with van der Waals surface area (Å²) in [5, 5.41) is 6.76. The Morgan fingerprint density at radius 2 is 1.97 bits per heavy atom. The zero-order valence-electron chi connectivity index (χ0n) is 18.9. The van der Waals surface area contributed by atoms with Gasteiger partial charge in [-0.1, -0.05) is 17.7 Å². The number of likely N-dealkylation sites (N-methyl/N-ethyl adjacent to an activating group) is 1. The fraction of sp³-hybridized carbons (Fsp3) is 0.348. The molecule has 0 saturated carbocycles. The molecule has 35 heavy (non-hydrogen) atoms. The highest BCUT2D eigenvalue weighted by atomic mass is 35.5. The number of likely N-dealkylation sites (tertiary alicyclic amines) is 1. The number of carbonyl (C=O) groups is 1. The van der Waals surface area contributed by atoms with Gasteiger partial charge in [0.25, 0.3) is 5.89 Å². The third-order valence-electron chi connectivity index (χ3n) is 5.85. The quantitative estimate of drug-likeness (QED) is 0.416. The molecule has 0 unspecified atom stereocenters. The molecule has 186 valence electrons. The molecule has 12 heteroatoms. The number of rotatable bonds is 6. The Kier molecular flexibility index (Phi) is 7.27. The second-order valence-electron chi connectivity index (χ2n) is 8.37. The first-order valence-electron chi connectivity index (χ1n) is 10.7. The number of hydrogen-bond donors (Lipinski definition) is 0. The highest BCUT2D eigenvalue weighted by molar-refractivity contribution is 6.33. The van der Waals surface area contributed by atoms with Gasteiger partial charge in [0.2, 0.25) is 5.89 Å². The van der Waals surface area contributed by atoms with Gasteiger partial charge in [-0.3, -0.25) is 4.90 Å². The lowest BCUT2D eigenvalue weighted by Gasteiger charge is -2.29. The monoisotopic (exact) mass is 511 g/mol. The molecule has 0 radical (unpaired) electrons. The van der Waals surface area contributed by atoms with Crippen LogP contribution in [0.1, 0.15) is 24.3 Å². The first kappa shape index (κ1) is 24.9. The van der Waals surface area contributed by atoms with Crippen molar-refractivity contribution < 1.29 is 26.8 Å². The topological polar surface area (TPSA) is 65.7 Å². The predicted molar refractivity (Wildman–Crippen MR) is 121 cm³/mol. The molecule has 7 nitrogen and oxygen atoms in total. The Hall–Kier alpha value is -3.18. The Bertz CT molecular complexity index is 1220. The van der Waals surface area contributed by atoms with Crippen molar-refractivity contribution >= 4 is 23.3 Å². The first-order chi connectivity index (χ1) is 16.6. The van der Waals surface area contributed by atoms with Crippen LogP contribution in [0.15, 0.2) is 40.8 Å². The van der Waals surface area contributed by atoms with Crippen molar-refractivity contribution in [1.29, 1.82) is 0 Å². The highest BCUT2D eigenvalue weighted by Crippen LogP contribution is 2.31. The van der Waals surface area contributed by atoms with E-state index in [9.17, 15) is 18.0 Å². The van der Waals surface area contributed by atoms with Crippen LogP contribution in [0.4, 0.5) is 28.0 Å². The summed E-state index contributed by atoms with van der Waals surface area (Å²) in [6.07, 6.45) is -2.17. The van der Waals surface area contributed by atoms with Crippen molar-refractivity contribution in [3.63, 3.8) is 0 Å². The number of nitrogens with zero attached hydrogens (tertiary/aromatic N) is 5. The van der Waals surface area contributed by atoms with Crippen LogP contribution in [0.25, 0.3) is 11.5 Å². The van der Waals surface area contributed by atoms with E-state index in [2.05, 4.69) is 10.2 Å². The molecule has 1 aliphatic heterocycles. The van der Waals surface area contributed by atoms with Crippen molar-refractivity contribution in [2.45, 2.75) is 25.4 Å². The summed E-state index contributed by atoms with van der Waals surface area (Å²) in [5.41, 5.74) is 0.462. The van der Waals surface area contributed by atoms with Crippen LogP contribution in [-0.4, -0.2) is 59.3 Å². The van der Waals surface area contributed by atoms with Crippen LogP contribution in [-0.2, 0) is 6.54 Å². The van der Waals surface area contributed by atoms with Crippen LogP contribution in [0.5, 0.6) is 0 Å². The average Bonchev–Trinajstić information content (AvgIpc) is 3.49. The van der Waals surface area contributed by atoms with E-state index in [0.717, 1.165) is 18.6 Å². The van der Waals surface area contributed by atoms with Gasteiger partial charge in [0, 0.05) is 30.3 Å². The molecule has 4 rings (SSSR count). The molecule has 2 heterocycles. The lowest BCUT2D eigenvalue weighted by Crippen LogP contribution is -2.43. The van der Waals surface area contributed by atoms with E-state index in [4.69, 9.17) is 16.0 Å². The summed E-state index contributed by atoms with van der Waals surface area (Å²) >= 11 is 6.25. The minimum atomic E-state index is -2.95. The molecule has 1 aliphatic rings. The van der Waals surface area contributed by atoms with Crippen LogP contribution in [0.2, 0.25) is 5.02 Å². The largest absolute Gasteiger partial charge is 0.415 e. The number of halogens is 5. The minimum Gasteiger partial charge on any atom is -0.415 e. The predicted octanol–water partition coefficient (Wildman–Crippen LogP) is 5.37. The van der Waals surface area contributed by atoms with Gasteiger partial charge in [-0.2, -0.15) is 8.78 Å². The lowest BCUT2D eigenvalue weighted by atomic mass is 10.1. The third-order valence-corrected chi connectivity index (χ3v) is 6.15. The van der Waals surface area contributed by atoms with Gasteiger partial charge in [0.1, 0.15) is 11.6 Å². The SMILES string of the molecule is CN(C)[C@H]1CCN(C(=O)N(Cc2ccc(-c3nnc(C(F)F)o3)cc2F)c2ccc(F)cc2Cl)C1. The van der Waals surface area contributed by atoms with E-state index in [1.54, 1.807) is 4.90 Å². The van der Waals surface area contributed by atoms with E-state index in [1.807, 2.05) is 19.0 Å². The van der Waals surface area contributed by atoms with Crippen molar-refractivity contribution in [3.8, 4) is 11.5 Å². The molecule has 0 N–H and O–H groups in total. The molecule has 2 aromatic carbocycles. The summed E-state index contributed by atoms with van der Waals surface area (Å²) < 4.78 is 59.1. The molecular weight excluding hydrogens is 490 g/mol. The summed E-state index contributed by atoms with van der Waals surface area (Å²) in [6, 6.07) is 7.27. The third kappa shape index (κ3) is 5.40. The highest BCUT2D eigenvalue weighted by Gasteiger charge is 2.32. The van der Waals surface area contributed by atoms with Gasteiger partial charge in [-0.15, -0.1) is 10.2 Å². The molecule has 0 spiro atoms. The smallest absolute Gasteiger partial charge is 0.324 e. The van der Waals surface area contributed by atoms with E-state index in [1.165, 1.54) is 29.2 Å². The Morgan fingerprint density at radius 1 is 1.20 bits per heavy atom. The van der Waals surface area contributed by atoms with Crippen LogP contribution < -0.4 is 4.90 Å². The summed E-state index contributed by atoms with van der Waals surface area (Å²) in [5.74, 6) is -2.41. The number of hydrogen-bond acceptors (Lipinski definition) is 5. The molecular formula is C23H22ClF4N5O2. The summed E-state index contributed by atoms with van der Waals surface area (Å²) in [4.78, 5) is 18.4. The zero-order chi connectivity index (χ0) is 25.3. The van der Waals surface area contributed by atoms with Gasteiger partial charge >= 0.3 is 12.5 Å². The van der Waals surface area contributed by atoms with E-state index < -0.39 is 30.0 Å². The first-order valence-corrected chi connectivity index (χ1v) is 11.1. The molecule has 0 bridgehead atoms. The molecule has 1 aromatic heterocycles. The van der Waals surface area contributed by atoms with Crippen LogP contribution in [0.3, 0.4) is 0 Å². The number of alkyl halides is 2. The van der Waals surface area contributed by atoms with E-state index >= 15 is 4.39 Å². The number of benzene rings is 2. The molecule has 3 aromatic rings. The maximum Gasteiger partial charge on any atom is 0.324 e. The number of urea groups is 1. The number of aromatic nitrogens is 2. The van der Waals surface area contributed by atoms with Crippen LogP contribution in [0, 0.1) is 11.6 Å². The maximum atomic E-state index is 15.1. The molecule has 1 atom stereocenters. The van der Waals surface area contributed by atoms with Gasteiger partial charge in [-0.05, 0) is 50.8 Å². The second kappa shape index (κ2) is 10.2. The van der Waals surface area contributed by atoms with Crippen molar-refractivity contribution in [2.24, 2.45) is 0 Å². The van der Waals surface area contributed by atoms with E-state index in [0.29, 0.717) is 13.1 Å². The van der Waals surface area contributed by atoms with Crippen molar-refractivity contribution in [1.82, 2.24) is 20.0 Å². The normalized spacial score (nSPS) is 15.9. The fourth-order valence-electron chi connectivity index (χ4n) is 3.88. The molecule has 1 saturated heterocycles. The fourth-order valence-corrected chi connectivity index (χ4v) is 4.15. The Morgan fingerprint density at radius 3 is 2.57 bits per heavy atom. The minimum absolute atomic E-state index is 0.00382. The Balaban J connectivity index is 1.63. The number of anilines is 1. The second-order valence-corrected chi connectivity index (χ2v) is 8.78. The zero-order valence-corrected chi connectivity index (χ0v) is 19.6. The van der Waals surface area contributed by atoms with E-state index in [-0.39, 0.29) is 40.3 Å². The van der Waals surface area contributed by atoms with Crippen molar-refractivity contribution in [2.75, 3.05) is 32.1 Å². The van der Waals surface area contributed by atoms with Gasteiger partial charge in [0.05, 0.1) is 17.3 Å². The average molecular weight is 512 g/mol. The number of carbonyl (C=O) groups excluding carboxylic acids is 1. The standard InChI is InChI=1S/C23H22ClF4N5O2/c1-31(2)16-7-8-32(12-16)23(34)33(19-6-5-15(25)10-17(19)24)11-14-4-3-13(9-18(14)26)21-29-30-22(35-21)20(27)28/h3-6,9-10,16,20H,7-8,11-12H2,1-2H3/t16-/m0/s1. The molecule has 0 aliphatic carbocycles. The number of amides is 2. The molecule has 2 amide bonds. The van der Waals surface area contributed by atoms with Crippen LogP contribution >= 0.6 is 11.6 Å². The Labute approximate surface area is 203 Å². The summed E-state index contributed by atoms with van der Waals surface area (Å²) in [7, 11) is 3.86. The van der Waals surface area contributed by atoms with Gasteiger partial charge in [0.15, 0.2) is 0 Å². The molecule has 1 fully saturated rings. The maximum absolute atomic E-state index is 15.1. The summed E-state index contributed by atoms with van der Waals surface area (Å²) in [6.45, 7) is 0.778. The van der Waals surface area contributed by atoms with Gasteiger partial charge < -0.3 is 14.2 Å². The lowest BCUT2D eigenvalue weighted by molar-refractivity contribution is 0.116. The van der Waals surface area contributed by atoms with Gasteiger partial charge in [-0.25, -0.2) is 13.6 Å².